The predicted molar refractivity (Wildman–Crippen MR) is 94.5 cm³/mol. The Morgan fingerprint density at radius 2 is 1.96 bits per heavy atom. The summed E-state index contributed by atoms with van der Waals surface area (Å²) in [6.07, 6.45) is 1.71. The van der Waals surface area contributed by atoms with Crippen LogP contribution in [0.1, 0.15) is 24.4 Å². The summed E-state index contributed by atoms with van der Waals surface area (Å²) in [5, 5.41) is 24.4. The number of nitrogens with zero attached hydrogens (tertiary/aromatic N) is 1. The number of ether oxygens (including phenoxy) is 1. The molecule has 2 aromatic rings. The molecule has 2 unspecified atom stereocenters. The first-order valence-corrected chi connectivity index (χ1v) is 8.47. The van der Waals surface area contributed by atoms with E-state index in [1.54, 1.807) is 12.1 Å². The fraction of sp³-hybridized carbons (Fsp3) is 0.368. The Morgan fingerprint density at radius 3 is 2.64 bits per heavy atom. The second-order valence-corrected chi connectivity index (χ2v) is 6.35. The molecule has 0 heterocycles. The van der Waals surface area contributed by atoms with Crippen LogP contribution in [0.3, 0.4) is 0 Å². The molecule has 0 bridgehead atoms. The van der Waals surface area contributed by atoms with Gasteiger partial charge < -0.3 is 15.2 Å². The van der Waals surface area contributed by atoms with E-state index >= 15 is 0 Å². The van der Waals surface area contributed by atoms with E-state index in [4.69, 9.17) is 4.74 Å². The number of hydrogen-bond donors (Lipinski definition) is 2. The first-order valence-electron chi connectivity index (χ1n) is 8.47. The minimum atomic E-state index is -0.691. The molecule has 132 valence electrons. The summed E-state index contributed by atoms with van der Waals surface area (Å²) in [6.45, 7) is 0.491. The van der Waals surface area contributed by atoms with Crippen molar-refractivity contribution in [2.45, 2.75) is 25.0 Å². The van der Waals surface area contributed by atoms with Crippen LogP contribution >= 0.6 is 0 Å². The average molecular weight is 342 g/mol. The van der Waals surface area contributed by atoms with Crippen LogP contribution in [-0.2, 0) is 0 Å². The van der Waals surface area contributed by atoms with Gasteiger partial charge in [-0.25, -0.2) is 0 Å². The van der Waals surface area contributed by atoms with E-state index in [-0.39, 0.29) is 18.3 Å². The Balaban J connectivity index is 1.50. The van der Waals surface area contributed by atoms with Crippen molar-refractivity contribution in [2.24, 2.45) is 5.92 Å². The molecular weight excluding hydrogens is 320 g/mol. The van der Waals surface area contributed by atoms with Crippen molar-refractivity contribution in [3.8, 4) is 5.75 Å². The van der Waals surface area contributed by atoms with Gasteiger partial charge in [0.25, 0.3) is 5.69 Å². The molecule has 0 radical (unpaired) electrons. The van der Waals surface area contributed by atoms with E-state index in [1.807, 2.05) is 18.2 Å². The highest BCUT2D eigenvalue weighted by atomic mass is 16.6. The van der Waals surface area contributed by atoms with Gasteiger partial charge in [0.15, 0.2) is 0 Å². The van der Waals surface area contributed by atoms with Crippen LogP contribution < -0.4 is 10.1 Å². The molecule has 0 aromatic heterocycles. The third kappa shape index (κ3) is 5.01. The highest BCUT2D eigenvalue weighted by Crippen LogP contribution is 2.40. The fourth-order valence-electron chi connectivity index (χ4n) is 2.85. The van der Waals surface area contributed by atoms with Gasteiger partial charge in [0, 0.05) is 18.7 Å². The Morgan fingerprint density at radius 1 is 1.20 bits per heavy atom. The first-order chi connectivity index (χ1) is 12.1. The predicted octanol–water partition coefficient (Wildman–Crippen LogP) is 3.08. The molecule has 1 aliphatic carbocycles. The van der Waals surface area contributed by atoms with Gasteiger partial charge in [-0.3, -0.25) is 10.1 Å². The Labute approximate surface area is 146 Å². The number of aliphatic hydroxyl groups excluding tert-OH is 1. The van der Waals surface area contributed by atoms with Gasteiger partial charge in [0.2, 0.25) is 0 Å². The lowest BCUT2D eigenvalue weighted by molar-refractivity contribution is -0.384. The highest BCUT2D eigenvalue weighted by molar-refractivity contribution is 5.37. The van der Waals surface area contributed by atoms with Gasteiger partial charge in [0.1, 0.15) is 18.5 Å². The molecule has 3 rings (SSSR count). The smallest absolute Gasteiger partial charge is 0.273 e. The standard InChI is InChI=1S/C19H22N2O4/c22-17(13-25-18-8-4-7-16(11-18)21(23)24)12-20-19(15-9-10-15)14-5-2-1-3-6-14/h1-8,11,15,17,19-20,22H,9-10,12-13H2. The number of non-ortho nitro benzene ring substituents is 1. The van der Waals surface area contributed by atoms with Crippen molar-refractivity contribution >= 4 is 5.69 Å². The number of nitro groups is 1. The fourth-order valence-corrected chi connectivity index (χ4v) is 2.85. The molecule has 0 aliphatic heterocycles. The van der Waals surface area contributed by atoms with Crippen molar-refractivity contribution in [2.75, 3.05) is 13.2 Å². The second-order valence-electron chi connectivity index (χ2n) is 6.35. The Bertz CT molecular complexity index is 704. The lowest BCUT2D eigenvalue weighted by Gasteiger charge is -2.21. The van der Waals surface area contributed by atoms with Crippen LogP contribution in [-0.4, -0.2) is 29.3 Å². The number of hydrogen-bond acceptors (Lipinski definition) is 5. The van der Waals surface area contributed by atoms with E-state index in [1.165, 1.54) is 30.5 Å². The minimum Gasteiger partial charge on any atom is -0.491 e. The number of aliphatic hydroxyl groups is 1. The zero-order valence-corrected chi connectivity index (χ0v) is 13.9. The molecule has 1 saturated carbocycles. The molecule has 6 nitrogen and oxygen atoms in total. The lowest BCUT2D eigenvalue weighted by atomic mass is 10.0. The van der Waals surface area contributed by atoms with Crippen LogP contribution in [0.25, 0.3) is 0 Å². The molecule has 2 N–H and O–H groups in total. The highest BCUT2D eigenvalue weighted by Gasteiger charge is 2.32. The summed E-state index contributed by atoms with van der Waals surface area (Å²) < 4.78 is 5.48. The molecule has 6 heteroatoms. The van der Waals surface area contributed by atoms with E-state index in [9.17, 15) is 15.2 Å². The van der Waals surface area contributed by atoms with Gasteiger partial charge in [-0.2, -0.15) is 0 Å². The maximum atomic E-state index is 10.8. The second kappa shape index (κ2) is 8.09. The zero-order chi connectivity index (χ0) is 17.6. The minimum absolute atomic E-state index is 0.0250. The van der Waals surface area contributed by atoms with Gasteiger partial charge in [0.05, 0.1) is 11.0 Å². The van der Waals surface area contributed by atoms with Crippen molar-refractivity contribution in [3.05, 3.63) is 70.3 Å². The maximum Gasteiger partial charge on any atom is 0.273 e. The topological polar surface area (TPSA) is 84.6 Å². The molecule has 2 aromatic carbocycles. The molecule has 0 spiro atoms. The summed E-state index contributed by atoms with van der Waals surface area (Å²) in [5.74, 6) is 1.00. The van der Waals surface area contributed by atoms with Crippen LogP contribution in [0.15, 0.2) is 54.6 Å². The number of nitrogens with one attached hydrogen (secondary N) is 1. The molecule has 0 amide bonds. The molecule has 25 heavy (non-hydrogen) atoms. The van der Waals surface area contributed by atoms with Gasteiger partial charge in [-0.1, -0.05) is 36.4 Å². The third-order valence-electron chi connectivity index (χ3n) is 4.30. The SMILES string of the molecule is O=[N+]([O-])c1cccc(OCC(O)CNC(c2ccccc2)C2CC2)c1. The van der Waals surface area contributed by atoms with Gasteiger partial charge in [-0.05, 0) is 30.4 Å². The monoisotopic (exact) mass is 342 g/mol. The van der Waals surface area contributed by atoms with Crippen molar-refractivity contribution < 1.29 is 14.8 Å². The van der Waals surface area contributed by atoms with Gasteiger partial charge in [-0.15, -0.1) is 0 Å². The summed E-state index contributed by atoms with van der Waals surface area (Å²) in [7, 11) is 0. The van der Waals surface area contributed by atoms with E-state index < -0.39 is 11.0 Å². The number of benzene rings is 2. The molecule has 0 saturated heterocycles. The molecule has 1 fully saturated rings. The summed E-state index contributed by atoms with van der Waals surface area (Å²) in [5.41, 5.74) is 1.21. The normalized spacial score (nSPS) is 16.2. The van der Waals surface area contributed by atoms with Crippen LogP contribution in [0.5, 0.6) is 5.75 Å². The van der Waals surface area contributed by atoms with Crippen LogP contribution in [0.2, 0.25) is 0 Å². The quantitative estimate of drug-likeness (QED) is 0.540. The molecule has 1 aliphatic rings. The third-order valence-corrected chi connectivity index (χ3v) is 4.30. The van der Waals surface area contributed by atoms with E-state index in [0.717, 1.165) is 0 Å². The maximum absolute atomic E-state index is 10.8. The summed E-state index contributed by atoms with van der Waals surface area (Å²) >= 11 is 0. The largest absolute Gasteiger partial charge is 0.491 e. The van der Waals surface area contributed by atoms with Crippen LogP contribution in [0.4, 0.5) is 5.69 Å². The average Bonchev–Trinajstić information content (AvgIpc) is 3.46. The lowest BCUT2D eigenvalue weighted by Crippen LogP contribution is -2.34. The molecular formula is C19H22N2O4. The van der Waals surface area contributed by atoms with Crippen molar-refractivity contribution in [3.63, 3.8) is 0 Å². The Kier molecular flexibility index (Phi) is 5.63. The number of rotatable bonds is 9. The van der Waals surface area contributed by atoms with Crippen LogP contribution in [0, 0.1) is 16.0 Å². The number of nitro benzene ring substituents is 1. The van der Waals surface area contributed by atoms with Gasteiger partial charge >= 0.3 is 0 Å². The zero-order valence-electron chi connectivity index (χ0n) is 13.9. The molecule has 2 atom stereocenters. The Hall–Kier alpha value is -2.44. The summed E-state index contributed by atoms with van der Waals surface area (Å²) in [4.78, 5) is 10.3. The van der Waals surface area contributed by atoms with E-state index in [0.29, 0.717) is 18.2 Å². The van der Waals surface area contributed by atoms with E-state index in [2.05, 4.69) is 17.4 Å². The van der Waals surface area contributed by atoms with Crippen molar-refractivity contribution in [1.29, 1.82) is 0 Å². The summed E-state index contributed by atoms with van der Waals surface area (Å²) in [6, 6.07) is 16.5. The first kappa shape index (κ1) is 17.4. The van der Waals surface area contributed by atoms with Crippen molar-refractivity contribution in [1.82, 2.24) is 5.32 Å².